The molecule has 3 rings (SSSR count). The van der Waals surface area contributed by atoms with Crippen molar-refractivity contribution in [1.82, 2.24) is 9.29 Å². The van der Waals surface area contributed by atoms with Crippen molar-refractivity contribution in [2.24, 2.45) is 0 Å². The first-order chi connectivity index (χ1) is 14.8. The topological polar surface area (TPSA) is 82.3 Å². The number of carbonyl (C=O) groups excluding carboxylic acids is 1. The predicted octanol–water partition coefficient (Wildman–Crippen LogP) is 4.94. The second-order valence-corrected chi connectivity index (χ2v) is 9.39. The zero-order chi connectivity index (χ0) is 22.4. The van der Waals surface area contributed by atoms with Gasteiger partial charge in [-0.15, -0.1) is 0 Å². The SMILES string of the molecule is CCN(CC)S(=O)(=O)c1ccc(Cl)c(NC(=O)CCc2ccc(-c3ccccc3)[nH]2)c1. The number of hydrogen-bond donors (Lipinski definition) is 2. The Bertz CT molecular complexity index is 1140. The lowest BCUT2D eigenvalue weighted by molar-refractivity contribution is -0.116. The molecule has 0 spiro atoms. The molecule has 1 heterocycles. The molecular formula is C23H26ClN3O3S. The Morgan fingerprint density at radius 1 is 1.03 bits per heavy atom. The maximum absolute atomic E-state index is 12.7. The van der Waals surface area contributed by atoms with Crippen molar-refractivity contribution in [2.45, 2.75) is 31.6 Å². The third kappa shape index (κ3) is 5.55. The van der Waals surface area contributed by atoms with Crippen LogP contribution in [0.4, 0.5) is 5.69 Å². The van der Waals surface area contributed by atoms with Crippen LogP contribution in [0.25, 0.3) is 11.3 Å². The number of H-pyrrole nitrogens is 1. The van der Waals surface area contributed by atoms with Gasteiger partial charge in [0.25, 0.3) is 0 Å². The Hall–Kier alpha value is -2.61. The van der Waals surface area contributed by atoms with Crippen molar-refractivity contribution in [2.75, 3.05) is 18.4 Å². The summed E-state index contributed by atoms with van der Waals surface area (Å²) in [6, 6.07) is 18.2. The second-order valence-electron chi connectivity index (χ2n) is 7.04. The molecule has 0 unspecified atom stereocenters. The van der Waals surface area contributed by atoms with Crippen LogP contribution in [0.3, 0.4) is 0 Å². The van der Waals surface area contributed by atoms with Gasteiger partial charge in [-0.3, -0.25) is 4.79 Å². The third-order valence-electron chi connectivity index (χ3n) is 5.01. The fraction of sp³-hybridized carbons (Fsp3) is 0.261. The van der Waals surface area contributed by atoms with Gasteiger partial charge in [0.05, 0.1) is 15.6 Å². The molecule has 8 heteroatoms. The van der Waals surface area contributed by atoms with Crippen LogP contribution in [0.2, 0.25) is 5.02 Å². The summed E-state index contributed by atoms with van der Waals surface area (Å²) in [6.45, 7) is 4.29. The Labute approximate surface area is 188 Å². The molecule has 0 atom stereocenters. The van der Waals surface area contributed by atoms with Crippen LogP contribution in [0.15, 0.2) is 65.6 Å². The number of nitrogens with one attached hydrogen (secondary N) is 2. The summed E-state index contributed by atoms with van der Waals surface area (Å²) < 4.78 is 26.8. The van der Waals surface area contributed by atoms with Gasteiger partial charge in [-0.2, -0.15) is 4.31 Å². The van der Waals surface area contributed by atoms with Gasteiger partial charge in [-0.05, 0) is 42.3 Å². The van der Waals surface area contributed by atoms with Gasteiger partial charge in [0.2, 0.25) is 15.9 Å². The minimum absolute atomic E-state index is 0.104. The molecule has 164 valence electrons. The van der Waals surface area contributed by atoms with Crippen molar-refractivity contribution in [3.05, 3.63) is 71.4 Å². The highest BCUT2D eigenvalue weighted by molar-refractivity contribution is 7.89. The van der Waals surface area contributed by atoms with Crippen molar-refractivity contribution in [1.29, 1.82) is 0 Å². The zero-order valence-corrected chi connectivity index (χ0v) is 19.1. The number of halogens is 1. The van der Waals surface area contributed by atoms with Crippen LogP contribution >= 0.6 is 11.6 Å². The van der Waals surface area contributed by atoms with Crippen molar-refractivity contribution in [3.63, 3.8) is 0 Å². The van der Waals surface area contributed by atoms with E-state index in [0.29, 0.717) is 19.5 Å². The zero-order valence-electron chi connectivity index (χ0n) is 17.6. The van der Waals surface area contributed by atoms with E-state index in [2.05, 4.69) is 10.3 Å². The van der Waals surface area contributed by atoms with Crippen molar-refractivity contribution < 1.29 is 13.2 Å². The summed E-state index contributed by atoms with van der Waals surface area (Å²) in [7, 11) is -3.64. The standard InChI is InChI=1S/C23H26ClN3O3S/c1-3-27(4-2)31(29,30)19-12-13-20(24)22(16-19)26-23(28)15-11-18-10-14-21(25-18)17-8-6-5-7-9-17/h5-10,12-14,16,25H,3-4,11,15H2,1-2H3,(H,26,28). The van der Waals surface area contributed by atoms with Gasteiger partial charge in [-0.25, -0.2) is 8.42 Å². The number of aromatic amines is 1. The maximum Gasteiger partial charge on any atom is 0.243 e. The normalized spacial score (nSPS) is 11.6. The molecular weight excluding hydrogens is 434 g/mol. The van der Waals surface area contributed by atoms with Crippen molar-refractivity contribution in [3.8, 4) is 11.3 Å². The number of amides is 1. The molecule has 0 aliphatic rings. The predicted molar refractivity (Wildman–Crippen MR) is 125 cm³/mol. The number of aromatic nitrogens is 1. The summed E-state index contributed by atoms with van der Waals surface area (Å²) in [5.74, 6) is -0.241. The summed E-state index contributed by atoms with van der Waals surface area (Å²) in [5, 5.41) is 3.03. The number of hydrogen-bond acceptors (Lipinski definition) is 3. The van der Waals surface area contributed by atoms with Crippen molar-refractivity contribution >= 4 is 33.2 Å². The molecule has 3 aromatic rings. The number of aryl methyl sites for hydroxylation is 1. The molecule has 0 aliphatic heterocycles. The maximum atomic E-state index is 12.7. The number of nitrogens with zero attached hydrogens (tertiary/aromatic N) is 1. The van der Waals surface area contributed by atoms with Crippen LogP contribution < -0.4 is 5.32 Å². The van der Waals surface area contributed by atoms with Gasteiger partial charge < -0.3 is 10.3 Å². The van der Waals surface area contributed by atoms with E-state index in [-0.39, 0.29) is 27.9 Å². The number of rotatable bonds is 9. The fourth-order valence-electron chi connectivity index (χ4n) is 3.31. The number of anilines is 1. The van der Waals surface area contributed by atoms with Crippen LogP contribution in [0, 0.1) is 0 Å². The van der Waals surface area contributed by atoms with Gasteiger partial charge in [0, 0.05) is 30.9 Å². The first-order valence-corrected chi connectivity index (χ1v) is 12.0. The average Bonchev–Trinajstić information content (AvgIpc) is 3.24. The van der Waals surface area contributed by atoms with E-state index < -0.39 is 10.0 Å². The van der Waals surface area contributed by atoms with Gasteiger partial charge in [0.1, 0.15) is 0 Å². The van der Waals surface area contributed by atoms with E-state index in [9.17, 15) is 13.2 Å². The number of benzene rings is 2. The molecule has 0 radical (unpaired) electrons. The summed E-state index contributed by atoms with van der Waals surface area (Å²) >= 11 is 6.20. The lowest BCUT2D eigenvalue weighted by Crippen LogP contribution is -2.30. The Morgan fingerprint density at radius 3 is 2.42 bits per heavy atom. The van der Waals surface area contributed by atoms with E-state index in [4.69, 9.17) is 11.6 Å². The quantitative estimate of drug-likeness (QED) is 0.475. The fourth-order valence-corrected chi connectivity index (χ4v) is 4.96. The lowest BCUT2D eigenvalue weighted by Gasteiger charge is -2.19. The highest BCUT2D eigenvalue weighted by Crippen LogP contribution is 2.27. The van der Waals surface area contributed by atoms with Crippen LogP contribution in [-0.4, -0.2) is 36.7 Å². The second kappa shape index (κ2) is 10.1. The van der Waals surface area contributed by atoms with Gasteiger partial charge in [-0.1, -0.05) is 55.8 Å². The molecule has 31 heavy (non-hydrogen) atoms. The van der Waals surface area contributed by atoms with Crippen LogP contribution in [-0.2, 0) is 21.2 Å². The largest absolute Gasteiger partial charge is 0.358 e. The monoisotopic (exact) mass is 459 g/mol. The summed E-state index contributed by atoms with van der Waals surface area (Å²) in [6.07, 6.45) is 0.756. The summed E-state index contributed by atoms with van der Waals surface area (Å²) in [4.78, 5) is 15.9. The van der Waals surface area contributed by atoms with Crippen LogP contribution in [0.5, 0.6) is 0 Å². The highest BCUT2D eigenvalue weighted by Gasteiger charge is 2.22. The van der Waals surface area contributed by atoms with E-state index in [1.54, 1.807) is 13.8 Å². The van der Waals surface area contributed by atoms with Gasteiger partial charge in [0.15, 0.2) is 0 Å². The Kier molecular flexibility index (Phi) is 7.54. The number of carbonyl (C=O) groups is 1. The molecule has 0 aliphatic carbocycles. The lowest BCUT2D eigenvalue weighted by atomic mass is 10.2. The molecule has 0 saturated carbocycles. The first-order valence-electron chi connectivity index (χ1n) is 10.2. The third-order valence-corrected chi connectivity index (χ3v) is 7.38. The highest BCUT2D eigenvalue weighted by atomic mass is 35.5. The molecule has 6 nitrogen and oxygen atoms in total. The minimum Gasteiger partial charge on any atom is -0.358 e. The minimum atomic E-state index is -3.64. The van der Waals surface area contributed by atoms with E-state index >= 15 is 0 Å². The first kappa shape index (κ1) is 23.1. The molecule has 1 amide bonds. The molecule has 0 bridgehead atoms. The van der Waals surface area contributed by atoms with E-state index in [1.807, 2.05) is 42.5 Å². The molecule has 0 saturated heterocycles. The van der Waals surface area contributed by atoms with Crippen LogP contribution in [0.1, 0.15) is 26.0 Å². The number of sulfonamides is 1. The Morgan fingerprint density at radius 2 is 1.74 bits per heavy atom. The average molecular weight is 460 g/mol. The smallest absolute Gasteiger partial charge is 0.243 e. The summed E-state index contributed by atoms with van der Waals surface area (Å²) in [5.41, 5.74) is 3.30. The molecule has 2 N–H and O–H groups in total. The molecule has 0 fully saturated rings. The molecule has 1 aromatic heterocycles. The van der Waals surface area contributed by atoms with E-state index in [1.165, 1.54) is 22.5 Å². The Balaban J connectivity index is 1.66. The molecule has 2 aromatic carbocycles. The van der Waals surface area contributed by atoms with Gasteiger partial charge >= 0.3 is 0 Å². The van der Waals surface area contributed by atoms with E-state index in [0.717, 1.165) is 17.0 Å².